The van der Waals surface area contributed by atoms with Crippen LogP contribution in [0.15, 0.2) is 71.3 Å². The number of furan rings is 1. The summed E-state index contributed by atoms with van der Waals surface area (Å²) in [5, 5.41) is 7.76. The Labute approximate surface area is 186 Å². The van der Waals surface area contributed by atoms with Crippen LogP contribution in [0.3, 0.4) is 0 Å². The van der Waals surface area contributed by atoms with Crippen molar-refractivity contribution in [2.45, 2.75) is 32.7 Å². The molecule has 0 aliphatic heterocycles. The van der Waals surface area contributed by atoms with E-state index in [1.165, 1.54) is 5.56 Å². The van der Waals surface area contributed by atoms with E-state index in [1.807, 2.05) is 56.3 Å². The average molecular weight is 434 g/mol. The molecule has 0 bridgehead atoms. The number of nitrogens with zero attached hydrogens (tertiary/aromatic N) is 1. The van der Waals surface area contributed by atoms with Gasteiger partial charge < -0.3 is 15.1 Å². The monoisotopic (exact) mass is 433 g/mol. The van der Waals surface area contributed by atoms with Crippen LogP contribution in [0.5, 0.6) is 0 Å². The predicted molar refractivity (Wildman–Crippen MR) is 125 cm³/mol. The zero-order valence-corrected chi connectivity index (χ0v) is 18.2. The minimum Gasteiger partial charge on any atom is -0.464 e. The third kappa shape index (κ3) is 5.06. The van der Waals surface area contributed by atoms with Crippen molar-refractivity contribution >= 4 is 40.0 Å². The summed E-state index contributed by atoms with van der Waals surface area (Å²) < 4.78 is 5.55. The maximum Gasteiger partial charge on any atom is 0.270 e. The van der Waals surface area contributed by atoms with Crippen LogP contribution >= 0.6 is 11.6 Å². The fraction of sp³-hybridized carbons (Fsp3) is 0.200. The van der Waals surface area contributed by atoms with Crippen molar-refractivity contribution in [2.24, 2.45) is 0 Å². The van der Waals surface area contributed by atoms with E-state index in [9.17, 15) is 4.79 Å². The smallest absolute Gasteiger partial charge is 0.270 e. The number of carbonyl (C=O) groups excluding carboxylic acids is 1. The number of amides is 1. The molecule has 0 radical (unpaired) electrons. The number of carbonyl (C=O) groups is 1. The molecule has 2 aromatic heterocycles. The zero-order chi connectivity index (χ0) is 21.8. The molecule has 31 heavy (non-hydrogen) atoms. The minimum atomic E-state index is -0.233. The molecule has 0 fully saturated rings. The van der Waals surface area contributed by atoms with Crippen molar-refractivity contribution in [1.29, 1.82) is 0 Å². The van der Waals surface area contributed by atoms with E-state index in [2.05, 4.69) is 27.8 Å². The summed E-state index contributed by atoms with van der Waals surface area (Å²) in [6.45, 7) is 3.95. The first-order valence-corrected chi connectivity index (χ1v) is 10.6. The lowest BCUT2D eigenvalue weighted by Crippen LogP contribution is -2.33. The molecular formula is C25H24ClN3O2. The number of nitrogens with one attached hydrogen (secondary N) is 2. The van der Waals surface area contributed by atoms with Crippen molar-refractivity contribution in [3.8, 4) is 0 Å². The molecule has 158 valence electrons. The van der Waals surface area contributed by atoms with E-state index < -0.39 is 0 Å². The van der Waals surface area contributed by atoms with Crippen LogP contribution in [0.2, 0.25) is 5.02 Å². The van der Waals surface area contributed by atoms with Crippen molar-refractivity contribution in [3.63, 3.8) is 0 Å². The van der Waals surface area contributed by atoms with Crippen LogP contribution in [0.4, 0.5) is 11.5 Å². The summed E-state index contributed by atoms with van der Waals surface area (Å²) in [4.78, 5) is 17.4. The van der Waals surface area contributed by atoms with Gasteiger partial charge in [-0.15, -0.1) is 0 Å². The maximum atomic E-state index is 12.9. The Hall–Kier alpha value is -3.31. The molecule has 2 N–H and O–H groups in total. The highest BCUT2D eigenvalue weighted by Gasteiger charge is 2.16. The van der Waals surface area contributed by atoms with Gasteiger partial charge in [-0.05, 0) is 56.0 Å². The number of rotatable bonds is 7. The van der Waals surface area contributed by atoms with Crippen molar-refractivity contribution in [1.82, 2.24) is 10.3 Å². The number of aryl methyl sites for hydroxylation is 2. The molecular weight excluding hydrogens is 410 g/mol. The fourth-order valence-corrected chi connectivity index (χ4v) is 3.56. The SMILES string of the molecule is Cc1ccc(Nc2nc(C(=O)N[C@H](C)CCc3ccccc3)cc3occc23)cc1Cl. The van der Waals surface area contributed by atoms with Gasteiger partial charge in [0.2, 0.25) is 0 Å². The third-order valence-electron chi connectivity index (χ3n) is 5.20. The first-order valence-electron chi connectivity index (χ1n) is 10.3. The second-order valence-corrected chi connectivity index (χ2v) is 8.08. The molecule has 1 amide bonds. The van der Waals surface area contributed by atoms with Crippen LogP contribution in [-0.2, 0) is 6.42 Å². The van der Waals surface area contributed by atoms with Gasteiger partial charge in [0.15, 0.2) is 0 Å². The molecule has 0 spiro atoms. The van der Waals surface area contributed by atoms with E-state index in [-0.39, 0.29) is 11.9 Å². The number of pyridine rings is 1. The molecule has 6 heteroatoms. The minimum absolute atomic E-state index is 0.00844. The maximum absolute atomic E-state index is 12.9. The number of halogens is 1. The van der Waals surface area contributed by atoms with E-state index in [0.717, 1.165) is 29.5 Å². The number of fused-ring (bicyclic) bond motifs is 1. The molecule has 4 aromatic rings. The molecule has 0 saturated carbocycles. The van der Waals surface area contributed by atoms with E-state index in [0.29, 0.717) is 22.1 Å². The molecule has 0 aliphatic carbocycles. The fourth-order valence-electron chi connectivity index (χ4n) is 3.38. The second kappa shape index (κ2) is 9.23. The van der Waals surface area contributed by atoms with Gasteiger partial charge in [0.25, 0.3) is 5.91 Å². The third-order valence-corrected chi connectivity index (χ3v) is 5.61. The summed E-state index contributed by atoms with van der Waals surface area (Å²) in [6.07, 6.45) is 3.32. The van der Waals surface area contributed by atoms with Gasteiger partial charge in [0.05, 0.1) is 11.6 Å². The zero-order valence-electron chi connectivity index (χ0n) is 17.5. The normalized spacial score (nSPS) is 12.0. The van der Waals surface area contributed by atoms with Crippen LogP contribution < -0.4 is 10.6 Å². The summed E-state index contributed by atoms with van der Waals surface area (Å²) in [7, 11) is 0. The number of aromatic nitrogens is 1. The van der Waals surface area contributed by atoms with Crippen molar-refractivity contribution in [3.05, 3.63) is 88.8 Å². The summed E-state index contributed by atoms with van der Waals surface area (Å²) >= 11 is 6.25. The number of anilines is 2. The Morgan fingerprint density at radius 1 is 1.13 bits per heavy atom. The Kier molecular flexibility index (Phi) is 6.23. The molecule has 1 atom stereocenters. The highest BCUT2D eigenvalue weighted by atomic mass is 35.5. The Balaban J connectivity index is 1.50. The topological polar surface area (TPSA) is 67.2 Å². The standard InChI is InChI=1S/C25H24ClN3O2/c1-16-8-11-19(14-21(16)26)28-24-20-12-13-31-23(20)15-22(29-24)25(30)27-17(2)9-10-18-6-4-3-5-7-18/h3-8,11-15,17H,9-10H2,1-2H3,(H,27,30)(H,28,29)/t17-/m1/s1. The molecule has 2 aromatic carbocycles. The van der Waals surface area contributed by atoms with Gasteiger partial charge in [0, 0.05) is 22.8 Å². The van der Waals surface area contributed by atoms with Gasteiger partial charge in [-0.1, -0.05) is 48.0 Å². The first kappa shape index (κ1) is 20.9. The molecule has 5 nitrogen and oxygen atoms in total. The second-order valence-electron chi connectivity index (χ2n) is 7.68. The van der Waals surface area contributed by atoms with Gasteiger partial charge >= 0.3 is 0 Å². The Morgan fingerprint density at radius 2 is 1.94 bits per heavy atom. The number of benzene rings is 2. The van der Waals surface area contributed by atoms with Gasteiger partial charge in [-0.25, -0.2) is 4.98 Å². The summed E-state index contributed by atoms with van der Waals surface area (Å²) in [5.41, 5.74) is 3.93. The van der Waals surface area contributed by atoms with Crippen LogP contribution in [-0.4, -0.2) is 16.9 Å². The van der Waals surface area contributed by atoms with E-state index in [4.69, 9.17) is 16.0 Å². The highest BCUT2D eigenvalue weighted by Crippen LogP contribution is 2.28. The highest BCUT2D eigenvalue weighted by molar-refractivity contribution is 6.31. The van der Waals surface area contributed by atoms with Crippen LogP contribution in [0, 0.1) is 6.92 Å². The van der Waals surface area contributed by atoms with Crippen LogP contribution in [0.1, 0.15) is 35.0 Å². The molecule has 0 saturated heterocycles. The van der Waals surface area contributed by atoms with E-state index in [1.54, 1.807) is 12.3 Å². The van der Waals surface area contributed by atoms with Crippen molar-refractivity contribution < 1.29 is 9.21 Å². The molecule has 0 unspecified atom stereocenters. The number of hydrogen-bond acceptors (Lipinski definition) is 4. The molecule has 2 heterocycles. The Morgan fingerprint density at radius 3 is 2.71 bits per heavy atom. The summed E-state index contributed by atoms with van der Waals surface area (Å²) in [5.74, 6) is 0.317. The lowest BCUT2D eigenvalue weighted by molar-refractivity contribution is 0.0933. The quantitative estimate of drug-likeness (QED) is 0.359. The van der Waals surface area contributed by atoms with Gasteiger partial charge in [0.1, 0.15) is 17.1 Å². The molecule has 4 rings (SSSR count). The van der Waals surface area contributed by atoms with Gasteiger partial charge in [-0.2, -0.15) is 0 Å². The number of hydrogen-bond donors (Lipinski definition) is 2. The average Bonchev–Trinajstić information content (AvgIpc) is 3.25. The predicted octanol–water partition coefficient (Wildman–Crippen LogP) is 6.28. The summed E-state index contributed by atoms with van der Waals surface area (Å²) in [6, 6.07) is 19.4. The molecule has 0 aliphatic rings. The Bertz CT molecular complexity index is 1200. The first-order chi connectivity index (χ1) is 15.0. The lowest BCUT2D eigenvalue weighted by atomic mass is 10.1. The van der Waals surface area contributed by atoms with Crippen LogP contribution in [0.25, 0.3) is 11.0 Å². The van der Waals surface area contributed by atoms with E-state index >= 15 is 0 Å². The van der Waals surface area contributed by atoms with Gasteiger partial charge in [-0.3, -0.25) is 4.79 Å². The lowest BCUT2D eigenvalue weighted by Gasteiger charge is -2.15. The largest absolute Gasteiger partial charge is 0.464 e. The van der Waals surface area contributed by atoms with Crippen molar-refractivity contribution in [2.75, 3.05) is 5.32 Å².